The average Bonchev–Trinajstić information content (AvgIpc) is 2.97. The SMILES string of the molecule is Cc1cc(C(=O)N(C)CC2CCN(Cc3ccc(F)cc3)CC2)nn1C. The summed E-state index contributed by atoms with van der Waals surface area (Å²) in [7, 11) is 3.71. The fraction of sp³-hybridized carbons (Fsp3) is 0.500. The predicted molar refractivity (Wildman–Crippen MR) is 99.3 cm³/mol. The number of hydrogen-bond donors (Lipinski definition) is 0. The first-order chi connectivity index (χ1) is 12.4. The summed E-state index contributed by atoms with van der Waals surface area (Å²) in [6, 6.07) is 8.57. The van der Waals surface area contributed by atoms with Gasteiger partial charge in [-0.05, 0) is 62.5 Å². The van der Waals surface area contributed by atoms with Crippen molar-refractivity contribution in [3.8, 4) is 0 Å². The molecule has 1 fully saturated rings. The van der Waals surface area contributed by atoms with Gasteiger partial charge in [0, 0.05) is 32.9 Å². The molecule has 0 spiro atoms. The molecule has 0 bridgehead atoms. The van der Waals surface area contributed by atoms with Gasteiger partial charge in [0.1, 0.15) is 5.82 Å². The van der Waals surface area contributed by atoms with Gasteiger partial charge in [0.2, 0.25) is 0 Å². The van der Waals surface area contributed by atoms with Crippen molar-refractivity contribution < 1.29 is 9.18 Å². The fourth-order valence-corrected chi connectivity index (χ4v) is 3.51. The van der Waals surface area contributed by atoms with E-state index in [9.17, 15) is 9.18 Å². The molecule has 6 heteroatoms. The Labute approximate surface area is 154 Å². The summed E-state index contributed by atoms with van der Waals surface area (Å²) in [5.74, 6) is 0.309. The van der Waals surface area contributed by atoms with Gasteiger partial charge in [0.15, 0.2) is 5.69 Å². The van der Waals surface area contributed by atoms with E-state index in [2.05, 4.69) is 10.00 Å². The highest BCUT2D eigenvalue weighted by Gasteiger charge is 2.23. The largest absolute Gasteiger partial charge is 0.340 e. The first-order valence-corrected chi connectivity index (χ1v) is 9.15. The number of halogens is 1. The molecule has 0 aliphatic carbocycles. The summed E-state index contributed by atoms with van der Waals surface area (Å²) in [6.45, 7) is 5.58. The van der Waals surface area contributed by atoms with Gasteiger partial charge >= 0.3 is 0 Å². The van der Waals surface area contributed by atoms with E-state index < -0.39 is 0 Å². The fourth-order valence-electron chi connectivity index (χ4n) is 3.51. The smallest absolute Gasteiger partial charge is 0.274 e. The van der Waals surface area contributed by atoms with Crippen LogP contribution < -0.4 is 0 Å². The van der Waals surface area contributed by atoms with Crippen LogP contribution in [0, 0.1) is 18.7 Å². The number of benzene rings is 1. The van der Waals surface area contributed by atoms with Crippen LogP contribution in [-0.2, 0) is 13.6 Å². The summed E-state index contributed by atoms with van der Waals surface area (Å²) in [5, 5.41) is 4.28. The van der Waals surface area contributed by atoms with Crippen molar-refractivity contribution in [1.29, 1.82) is 0 Å². The van der Waals surface area contributed by atoms with Crippen molar-refractivity contribution in [2.24, 2.45) is 13.0 Å². The van der Waals surface area contributed by atoms with Crippen LogP contribution in [0.5, 0.6) is 0 Å². The minimum absolute atomic E-state index is 0.0116. The van der Waals surface area contributed by atoms with Crippen LogP contribution in [0.15, 0.2) is 30.3 Å². The first kappa shape index (κ1) is 18.6. The molecule has 1 aliphatic rings. The molecule has 0 unspecified atom stereocenters. The first-order valence-electron chi connectivity index (χ1n) is 9.15. The Morgan fingerprint density at radius 2 is 1.92 bits per heavy atom. The van der Waals surface area contributed by atoms with Crippen LogP contribution in [0.2, 0.25) is 0 Å². The zero-order valence-corrected chi connectivity index (χ0v) is 15.8. The van der Waals surface area contributed by atoms with Gasteiger partial charge in [-0.2, -0.15) is 5.10 Å². The van der Waals surface area contributed by atoms with Gasteiger partial charge < -0.3 is 4.90 Å². The molecular weight excluding hydrogens is 331 g/mol. The van der Waals surface area contributed by atoms with Gasteiger partial charge in [-0.25, -0.2) is 4.39 Å². The highest BCUT2D eigenvalue weighted by Crippen LogP contribution is 2.20. The number of likely N-dealkylation sites (tertiary alicyclic amines) is 1. The molecule has 1 amide bonds. The summed E-state index contributed by atoms with van der Waals surface area (Å²) < 4.78 is 14.7. The number of amides is 1. The molecule has 5 nitrogen and oxygen atoms in total. The topological polar surface area (TPSA) is 41.4 Å². The number of rotatable bonds is 5. The van der Waals surface area contributed by atoms with Gasteiger partial charge in [0.25, 0.3) is 5.91 Å². The van der Waals surface area contributed by atoms with Crippen LogP contribution in [-0.4, -0.2) is 52.2 Å². The van der Waals surface area contributed by atoms with Gasteiger partial charge in [-0.15, -0.1) is 0 Å². The molecule has 0 saturated carbocycles. The van der Waals surface area contributed by atoms with Crippen LogP contribution in [0.4, 0.5) is 4.39 Å². The molecule has 0 radical (unpaired) electrons. The lowest BCUT2D eigenvalue weighted by atomic mass is 9.96. The van der Waals surface area contributed by atoms with Crippen molar-refractivity contribution in [3.63, 3.8) is 0 Å². The molecule has 1 aromatic heterocycles. The minimum Gasteiger partial charge on any atom is -0.340 e. The van der Waals surface area contributed by atoms with Crippen molar-refractivity contribution >= 4 is 5.91 Å². The Balaban J connectivity index is 1.47. The molecule has 2 heterocycles. The van der Waals surface area contributed by atoms with Crippen molar-refractivity contribution in [2.75, 3.05) is 26.7 Å². The number of nitrogens with zero attached hydrogens (tertiary/aromatic N) is 4. The van der Waals surface area contributed by atoms with Gasteiger partial charge in [-0.3, -0.25) is 14.4 Å². The van der Waals surface area contributed by atoms with Gasteiger partial charge in [0.05, 0.1) is 0 Å². The Morgan fingerprint density at radius 3 is 2.50 bits per heavy atom. The molecular formula is C20H27FN4O. The molecule has 2 aromatic rings. The number of carbonyl (C=O) groups is 1. The number of aromatic nitrogens is 2. The maximum Gasteiger partial charge on any atom is 0.274 e. The quantitative estimate of drug-likeness (QED) is 0.825. The Morgan fingerprint density at radius 1 is 1.27 bits per heavy atom. The minimum atomic E-state index is -0.191. The number of aryl methyl sites for hydroxylation is 2. The lowest BCUT2D eigenvalue weighted by Crippen LogP contribution is -2.39. The standard InChI is InChI=1S/C20H27FN4O/c1-15-12-19(22-24(15)3)20(26)23(2)13-17-8-10-25(11-9-17)14-16-4-6-18(21)7-5-16/h4-7,12,17H,8-11,13-14H2,1-3H3. The van der Waals surface area contributed by atoms with Crippen LogP contribution in [0.25, 0.3) is 0 Å². The average molecular weight is 358 g/mol. The number of hydrogen-bond acceptors (Lipinski definition) is 3. The van der Waals surface area contributed by atoms with E-state index in [1.165, 1.54) is 12.1 Å². The predicted octanol–water partition coefficient (Wildman–Crippen LogP) is 2.85. The number of piperidine rings is 1. The van der Waals surface area contributed by atoms with Crippen LogP contribution >= 0.6 is 0 Å². The highest BCUT2D eigenvalue weighted by molar-refractivity contribution is 5.92. The molecule has 1 saturated heterocycles. The summed E-state index contributed by atoms with van der Waals surface area (Å²) in [6.07, 6.45) is 2.14. The molecule has 0 atom stereocenters. The second kappa shape index (κ2) is 7.99. The van der Waals surface area contributed by atoms with Gasteiger partial charge in [-0.1, -0.05) is 12.1 Å². The molecule has 140 valence electrons. The van der Waals surface area contributed by atoms with E-state index in [4.69, 9.17) is 0 Å². The molecule has 26 heavy (non-hydrogen) atoms. The number of carbonyl (C=O) groups excluding carboxylic acids is 1. The van der Waals surface area contributed by atoms with E-state index >= 15 is 0 Å². The third kappa shape index (κ3) is 4.49. The highest BCUT2D eigenvalue weighted by atomic mass is 19.1. The lowest BCUT2D eigenvalue weighted by Gasteiger charge is -2.33. The Hall–Kier alpha value is -2.21. The zero-order chi connectivity index (χ0) is 18.7. The van der Waals surface area contributed by atoms with E-state index in [-0.39, 0.29) is 11.7 Å². The summed E-state index contributed by atoms with van der Waals surface area (Å²) in [4.78, 5) is 16.7. The normalized spacial score (nSPS) is 16.0. The third-order valence-electron chi connectivity index (χ3n) is 5.24. The van der Waals surface area contributed by atoms with Crippen molar-refractivity contribution in [2.45, 2.75) is 26.3 Å². The second-order valence-electron chi connectivity index (χ2n) is 7.33. The Bertz CT molecular complexity index is 728. The second-order valence-corrected chi connectivity index (χ2v) is 7.33. The van der Waals surface area contributed by atoms with E-state index in [1.54, 1.807) is 9.58 Å². The molecule has 3 rings (SSSR count). The van der Waals surface area contributed by atoms with Crippen molar-refractivity contribution in [1.82, 2.24) is 19.6 Å². The maximum absolute atomic E-state index is 13.0. The zero-order valence-electron chi connectivity index (χ0n) is 15.8. The molecule has 0 N–H and O–H groups in total. The van der Waals surface area contributed by atoms with Crippen LogP contribution in [0.3, 0.4) is 0 Å². The molecule has 1 aliphatic heterocycles. The molecule has 1 aromatic carbocycles. The summed E-state index contributed by atoms with van der Waals surface area (Å²) >= 11 is 0. The van der Waals surface area contributed by atoms with Crippen LogP contribution in [0.1, 0.15) is 34.6 Å². The lowest BCUT2D eigenvalue weighted by molar-refractivity contribution is 0.0731. The third-order valence-corrected chi connectivity index (χ3v) is 5.24. The summed E-state index contributed by atoms with van der Waals surface area (Å²) in [5.41, 5.74) is 2.64. The monoisotopic (exact) mass is 358 g/mol. The Kier molecular flexibility index (Phi) is 5.71. The van der Waals surface area contributed by atoms with E-state index in [0.29, 0.717) is 11.6 Å². The van der Waals surface area contributed by atoms with Crippen molar-refractivity contribution in [3.05, 3.63) is 53.1 Å². The maximum atomic E-state index is 13.0. The van der Waals surface area contributed by atoms with E-state index in [1.807, 2.05) is 39.2 Å². The van der Waals surface area contributed by atoms with E-state index in [0.717, 1.165) is 50.3 Å².